The van der Waals surface area contributed by atoms with Crippen LogP contribution in [-0.4, -0.2) is 32.2 Å². The van der Waals surface area contributed by atoms with E-state index in [1.165, 1.54) is 0 Å². The largest absolute Gasteiger partial charge is 0.462 e. The van der Waals surface area contributed by atoms with E-state index in [2.05, 4.69) is 15.2 Å². The van der Waals surface area contributed by atoms with Crippen LogP contribution in [0.1, 0.15) is 28.4 Å². The number of hydrogen-bond acceptors (Lipinski definition) is 5. The third-order valence-corrected chi connectivity index (χ3v) is 3.52. The summed E-state index contributed by atoms with van der Waals surface area (Å²) in [5, 5.41) is 8.33. The molecule has 0 radical (unpaired) electrons. The quantitative estimate of drug-likeness (QED) is 0.695. The summed E-state index contributed by atoms with van der Waals surface area (Å²) in [7, 11) is 0. The summed E-state index contributed by atoms with van der Waals surface area (Å²) in [4.78, 5) is 16.1. The van der Waals surface area contributed by atoms with Crippen molar-refractivity contribution in [1.29, 1.82) is 0 Å². The summed E-state index contributed by atoms with van der Waals surface area (Å²) < 4.78 is 6.96. The standard InChI is InChI=1S/C16H16N4O2/c1-4-22-16(21)13-8-12(10(2)7-11(13)3)15-19-18-14-9-17-5-6-20(14)15/h5-9H,4H2,1-3H3. The first-order chi connectivity index (χ1) is 10.6. The third kappa shape index (κ3) is 2.32. The van der Waals surface area contributed by atoms with Crippen molar-refractivity contribution in [3.05, 3.63) is 47.4 Å². The van der Waals surface area contributed by atoms with Gasteiger partial charge >= 0.3 is 5.97 Å². The Hall–Kier alpha value is -2.76. The predicted octanol–water partition coefficient (Wildman–Crippen LogP) is 2.58. The van der Waals surface area contributed by atoms with Crippen LogP contribution in [0, 0.1) is 13.8 Å². The van der Waals surface area contributed by atoms with Crippen LogP contribution in [-0.2, 0) is 4.74 Å². The fourth-order valence-corrected chi connectivity index (χ4v) is 2.46. The molecule has 2 aromatic heterocycles. The van der Waals surface area contributed by atoms with Gasteiger partial charge in [0, 0.05) is 18.0 Å². The second-order valence-electron chi connectivity index (χ2n) is 5.03. The van der Waals surface area contributed by atoms with E-state index in [1.54, 1.807) is 25.5 Å². The summed E-state index contributed by atoms with van der Waals surface area (Å²) >= 11 is 0. The van der Waals surface area contributed by atoms with Crippen molar-refractivity contribution in [2.75, 3.05) is 6.61 Å². The van der Waals surface area contributed by atoms with Gasteiger partial charge in [-0.15, -0.1) is 10.2 Å². The summed E-state index contributed by atoms with van der Waals surface area (Å²) in [5.74, 6) is 0.359. The Bertz CT molecular complexity index is 854. The lowest BCUT2D eigenvalue weighted by Gasteiger charge is -2.10. The number of aromatic nitrogens is 4. The van der Waals surface area contributed by atoms with Gasteiger partial charge in [0.05, 0.1) is 18.4 Å². The van der Waals surface area contributed by atoms with Gasteiger partial charge in [-0.05, 0) is 38.0 Å². The topological polar surface area (TPSA) is 69.4 Å². The first-order valence-electron chi connectivity index (χ1n) is 7.05. The van der Waals surface area contributed by atoms with Crippen LogP contribution in [0.3, 0.4) is 0 Å². The number of carbonyl (C=O) groups excluding carboxylic acids is 1. The molecule has 0 bridgehead atoms. The molecule has 22 heavy (non-hydrogen) atoms. The van der Waals surface area contributed by atoms with Crippen LogP contribution < -0.4 is 0 Å². The molecule has 0 aliphatic heterocycles. The van der Waals surface area contributed by atoms with Crippen LogP contribution >= 0.6 is 0 Å². The Morgan fingerprint density at radius 3 is 2.82 bits per heavy atom. The SMILES string of the molecule is CCOC(=O)c1cc(-c2nnc3cnccn23)c(C)cc1C. The molecule has 2 heterocycles. The van der Waals surface area contributed by atoms with Crippen molar-refractivity contribution >= 4 is 11.6 Å². The molecule has 112 valence electrons. The lowest BCUT2D eigenvalue weighted by Crippen LogP contribution is -2.08. The normalized spacial score (nSPS) is 10.9. The van der Waals surface area contributed by atoms with Gasteiger partial charge in [0.2, 0.25) is 0 Å². The fraction of sp³-hybridized carbons (Fsp3) is 0.250. The Morgan fingerprint density at radius 2 is 2.05 bits per heavy atom. The van der Waals surface area contributed by atoms with E-state index in [0.717, 1.165) is 16.7 Å². The van der Waals surface area contributed by atoms with E-state index in [1.807, 2.05) is 30.4 Å². The number of hydrogen-bond donors (Lipinski definition) is 0. The minimum atomic E-state index is -0.322. The van der Waals surface area contributed by atoms with Gasteiger partial charge in [-0.2, -0.15) is 0 Å². The van der Waals surface area contributed by atoms with Crippen molar-refractivity contribution in [2.45, 2.75) is 20.8 Å². The minimum Gasteiger partial charge on any atom is -0.462 e. The molecular formula is C16H16N4O2. The first-order valence-corrected chi connectivity index (χ1v) is 7.05. The summed E-state index contributed by atoms with van der Waals surface area (Å²) in [6.45, 7) is 6.02. The first kappa shape index (κ1) is 14.2. The van der Waals surface area contributed by atoms with Crippen LogP contribution in [0.4, 0.5) is 0 Å². The van der Waals surface area contributed by atoms with Crippen molar-refractivity contribution < 1.29 is 9.53 Å². The lowest BCUT2D eigenvalue weighted by molar-refractivity contribution is 0.0525. The molecule has 0 saturated heterocycles. The Balaban J connectivity index is 2.18. The number of esters is 1. The van der Waals surface area contributed by atoms with Gasteiger partial charge in [-0.25, -0.2) is 4.79 Å². The van der Waals surface area contributed by atoms with Crippen molar-refractivity contribution in [2.24, 2.45) is 0 Å². The number of nitrogens with zero attached hydrogens (tertiary/aromatic N) is 4. The monoisotopic (exact) mass is 296 g/mol. The molecule has 0 aliphatic rings. The van der Waals surface area contributed by atoms with Gasteiger partial charge in [0.1, 0.15) is 0 Å². The number of fused-ring (bicyclic) bond motifs is 1. The van der Waals surface area contributed by atoms with E-state index in [9.17, 15) is 4.79 Å². The van der Waals surface area contributed by atoms with Gasteiger partial charge in [-0.3, -0.25) is 9.38 Å². The van der Waals surface area contributed by atoms with E-state index >= 15 is 0 Å². The van der Waals surface area contributed by atoms with E-state index in [-0.39, 0.29) is 5.97 Å². The highest BCUT2D eigenvalue weighted by molar-refractivity contribution is 5.93. The van der Waals surface area contributed by atoms with Gasteiger partial charge in [0.25, 0.3) is 0 Å². The van der Waals surface area contributed by atoms with Gasteiger partial charge < -0.3 is 4.74 Å². The second-order valence-corrected chi connectivity index (χ2v) is 5.03. The molecule has 0 N–H and O–H groups in total. The van der Waals surface area contributed by atoms with Crippen molar-refractivity contribution in [1.82, 2.24) is 19.6 Å². The Morgan fingerprint density at radius 1 is 1.23 bits per heavy atom. The molecule has 0 atom stereocenters. The Kier molecular flexibility index (Phi) is 3.58. The number of benzene rings is 1. The van der Waals surface area contributed by atoms with Crippen LogP contribution in [0.25, 0.3) is 17.0 Å². The van der Waals surface area contributed by atoms with E-state index in [0.29, 0.717) is 23.6 Å². The highest BCUT2D eigenvalue weighted by atomic mass is 16.5. The number of carbonyl (C=O) groups is 1. The lowest BCUT2D eigenvalue weighted by atomic mass is 9.99. The maximum Gasteiger partial charge on any atom is 0.338 e. The van der Waals surface area contributed by atoms with E-state index < -0.39 is 0 Å². The van der Waals surface area contributed by atoms with E-state index in [4.69, 9.17) is 4.74 Å². The van der Waals surface area contributed by atoms with Gasteiger partial charge in [0.15, 0.2) is 11.5 Å². The number of aryl methyl sites for hydroxylation is 2. The molecule has 0 aliphatic carbocycles. The van der Waals surface area contributed by atoms with Crippen molar-refractivity contribution in [3.63, 3.8) is 0 Å². The molecule has 3 aromatic rings. The van der Waals surface area contributed by atoms with Crippen LogP contribution in [0.2, 0.25) is 0 Å². The predicted molar refractivity (Wildman–Crippen MR) is 81.6 cm³/mol. The molecule has 0 amide bonds. The minimum absolute atomic E-state index is 0.322. The van der Waals surface area contributed by atoms with Crippen LogP contribution in [0.5, 0.6) is 0 Å². The molecule has 1 aromatic carbocycles. The molecule has 0 saturated carbocycles. The molecule has 0 unspecified atom stereocenters. The molecule has 6 heteroatoms. The summed E-state index contributed by atoms with van der Waals surface area (Å²) in [6, 6.07) is 3.78. The zero-order valence-corrected chi connectivity index (χ0v) is 12.7. The maximum atomic E-state index is 12.1. The average molecular weight is 296 g/mol. The molecule has 6 nitrogen and oxygen atoms in total. The highest BCUT2D eigenvalue weighted by Gasteiger charge is 2.17. The highest BCUT2D eigenvalue weighted by Crippen LogP contribution is 2.26. The van der Waals surface area contributed by atoms with Gasteiger partial charge in [-0.1, -0.05) is 6.07 Å². The smallest absolute Gasteiger partial charge is 0.338 e. The summed E-state index contributed by atoms with van der Waals surface area (Å²) in [6.07, 6.45) is 5.12. The second kappa shape index (κ2) is 5.55. The summed E-state index contributed by atoms with van der Waals surface area (Å²) in [5.41, 5.74) is 3.97. The zero-order valence-electron chi connectivity index (χ0n) is 12.7. The molecule has 0 fully saturated rings. The Labute approximate surface area is 127 Å². The molecule has 0 spiro atoms. The van der Waals surface area contributed by atoms with Crippen LogP contribution in [0.15, 0.2) is 30.7 Å². The number of rotatable bonds is 3. The third-order valence-electron chi connectivity index (χ3n) is 3.52. The molecular weight excluding hydrogens is 280 g/mol. The number of ether oxygens (including phenoxy) is 1. The van der Waals surface area contributed by atoms with Crippen molar-refractivity contribution in [3.8, 4) is 11.4 Å². The fourth-order valence-electron chi connectivity index (χ4n) is 2.46. The average Bonchev–Trinajstić information content (AvgIpc) is 2.91. The zero-order chi connectivity index (χ0) is 15.7. The molecule has 3 rings (SSSR count). The maximum absolute atomic E-state index is 12.1.